The number of sulfonamides is 1. The summed E-state index contributed by atoms with van der Waals surface area (Å²) in [7, 11) is -1.78. The lowest BCUT2D eigenvalue weighted by atomic mass is 9.99. The fraction of sp³-hybridized carbons (Fsp3) is 0.174. The number of hydrogen-bond acceptors (Lipinski definition) is 6. The van der Waals surface area contributed by atoms with Gasteiger partial charge in [0.25, 0.3) is 10.0 Å². The van der Waals surface area contributed by atoms with E-state index in [-0.39, 0.29) is 38.2 Å². The minimum atomic E-state index is -4.48. The third kappa shape index (κ3) is 5.64. The monoisotopic (exact) mass is 526 g/mol. The third-order valence-corrected chi connectivity index (χ3v) is 6.99. The molecule has 0 saturated carbocycles. The Kier molecular flexibility index (Phi) is 7.83. The molecular formula is C23H21ClF2N2O6S. The van der Waals surface area contributed by atoms with E-state index in [1.165, 1.54) is 50.6 Å². The van der Waals surface area contributed by atoms with Gasteiger partial charge in [0.1, 0.15) is 24.3 Å². The summed E-state index contributed by atoms with van der Waals surface area (Å²) in [5, 5.41) is 11.0. The van der Waals surface area contributed by atoms with E-state index in [9.17, 15) is 27.1 Å². The lowest BCUT2D eigenvalue weighted by molar-refractivity contribution is -0.116. The quantitative estimate of drug-likeness (QED) is 0.441. The van der Waals surface area contributed by atoms with Gasteiger partial charge in [-0.25, -0.2) is 17.2 Å². The number of carbonyl (C=O) groups excluding carboxylic acids is 1. The summed E-state index contributed by atoms with van der Waals surface area (Å²) in [5.41, 5.74) is 4.82. The smallest absolute Gasteiger partial charge is 0.264 e. The second-order valence-electron chi connectivity index (χ2n) is 7.30. The molecule has 0 heterocycles. The molecule has 1 unspecified atom stereocenters. The molecule has 0 spiro atoms. The van der Waals surface area contributed by atoms with Crippen molar-refractivity contribution in [1.82, 2.24) is 0 Å². The Hall–Kier alpha value is -3.41. The SMILES string of the molecule is COc1ccc(S(=O)(=O)N(CC(N)=O)c2ccc(Cl)cc2C(O)c2cc(F)cc(F)c2)cc1OC. The number of nitrogens with zero attached hydrogens (tertiary/aromatic N) is 1. The minimum absolute atomic E-state index is 0.0993. The van der Waals surface area contributed by atoms with E-state index in [1.807, 2.05) is 0 Å². The number of nitrogens with two attached hydrogens (primary N) is 1. The van der Waals surface area contributed by atoms with Crippen molar-refractivity contribution in [3.8, 4) is 11.5 Å². The van der Waals surface area contributed by atoms with Crippen molar-refractivity contribution in [3.05, 3.63) is 82.4 Å². The Morgan fingerprint density at radius 1 is 1.03 bits per heavy atom. The lowest BCUT2D eigenvalue weighted by Gasteiger charge is -2.27. The van der Waals surface area contributed by atoms with Gasteiger partial charge in [-0.2, -0.15) is 0 Å². The average molecular weight is 527 g/mol. The van der Waals surface area contributed by atoms with Crippen LogP contribution in [0, 0.1) is 11.6 Å². The molecule has 186 valence electrons. The maximum atomic E-state index is 13.8. The number of primary amides is 1. The van der Waals surface area contributed by atoms with Crippen LogP contribution in [0.5, 0.6) is 11.5 Å². The Balaban J connectivity index is 2.21. The largest absolute Gasteiger partial charge is 0.493 e. The zero-order valence-corrected chi connectivity index (χ0v) is 20.1. The van der Waals surface area contributed by atoms with E-state index in [0.29, 0.717) is 10.4 Å². The number of rotatable bonds is 9. The van der Waals surface area contributed by atoms with E-state index >= 15 is 0 Å². The van der Waals surface area contributed by atoms with Crippen molar-refractivity contribution in [2.24, 2.45) is 5.73 Å². The van der Waals surface area contributed by atoms with Crippen LogP contribution in [0.25, 0.3) is 0 Å². The van der Waals surface area contributed by atoms with E-state index in [1.54, 1.807) is 0 Å². The number of aliphatic hydroxyl groups excluding tert-OH is 1. The van der Waals surface area contributed by atoms with Crippen LogP contribution in [0.15, 0.2) is 59.5 Å². The van der Waals surface area contributed by atoms with Crippen molar-refractivity contribution in [3.63, 3.8) is 0 Å². The van der Waals surface area contributed by atoms with E-state index < -0.39 is 40.2 Å². The number of ether oxygens (including phenoxy) is 2. The molecule has 1 atom stereocenters. The highest BCUT2D eigenvalue weighted by Gasteiger charge is 2.31. The molecule has 35 heavy (non-hydrogen) atoms. The lowest BCUT2D eigenvalue weighted by Crippen LogP contribution is -2.39. The van der Waals surface area contributed by atoms with E-state index in [0.717, 1.165) is 12.1 Å². The molecule has 0 saturated heterocycles. The predicted octanol–water partition coefficient (Wildman–Crippen LogP) is 3.40. The van der Waals surface area contributed by atoms with Crippen molar-refractivity contribution in [2.75, 3.05) is 25.1 Å². The Labute approximate surface area is 205 Å². The number of methoxy groups -OCH3 is 2. The molecule has 3 aromatic carbocycles. The first-order valence-electron chi connectivity index (χ1n) is 9.94. The van der Waals surface area contributed by atoms with Gasteiger partial charge in [-0.15, -0.1) is 0 Å². The van der Waals surface area contributed by atoms with Gasteiger partial charge in [0.2, 0.25) is 5.91 Å². The van der Waals surface area contributed by atoms with Crippen LogP contribution in [0.1, 0.15) is 17.2 Å². The molecule has 0 aromatic heterocycles. The van der Waals surface area contributed by atoms with Gasteiger partial charge >= 0.3 is 0 Å². The van der Waals surface area contributed by atoms with Gasteiger partial charge in [-0.1, -0.05) is 11.6 Å². The molecule has 3 aromatic rings. The Morgan fingerprint density at radius 3 is 2.23 bits per heavy atom. The highest BCUT2D eigenvalue weighted by molar-refractivity contribution is 7.92. The summed E-state index contributed by atoms with van der Waals surface area (Å²) in [5.74, 6) is -2.52. The number of carbonyl (C=O) groups is 1. The first kappa shape index (κ1) is 26.2. The van der Waals surface area contributed by atoms with Crippen LogP contribution in [0.4, 0.5) is 14.5 Å². The molecule has 0 radical (unpaired) electrons. The number of aliphatic hydroxyl groups is 1. The third-order valence-electron chi connectivity index (χ3n) is 5.00. The second-order valence-corrected chi connectivity index (χ2v) is 9.60. The first-order chi connectivity index (χ1) is 16.5. The first-order valence-corrected chi connectivity index (χ1v) is 11.8. The molecule has 0 aliphatic heterocycles. The van der Waals surface area contributed by atoms with Crippen LogP contribution in [-0.2, 0) is 14.8 Å². The molecule has 8 nitrogen and oxygen atoms in total. The van der Waals surface area contributed by atoms with Gasteiger partial charge in [0.15, 0.2) is 11.5 Å². The zero-order valence-electron chi connectivity index (χ0n) is 18.5. The van der Waals surface area contributed by atoms with Crippen LogP contribution >= 0.6 is 11.6 Å². The molecule has 0 fully saturated rings. The number of halogens is 3. The summed E-state index contributed by atoms with van der Waals surface area (Å²) in [6, 6.07) is 9.99. The summed E-state index contributed by atoms with van der Waals surface area (Å²) in [4.78, 5) is 11.6. The van der Waals surface area contributed by atoms with Crippen molar-refractivity contribution >= 4 is 33.2 Å². The topological polar surface area (TPSA) is 119 Å². The summed E-state index contributed by atoms with van der Waals surface area (Å²) in [6.45, 7) is -0.810. The molecule has 3 rings (SSSR count). The normalized spacial score (nSPS) is 12.2. The van der Waals surface area contributed by atoms with Gasteiger partial charge in [-0.05, 0) is 48.0 Å². The van der Waals surface area contributed by atoms with Crippen molar-refractivity contribution in [2.45, 2.75) is 11.0 Å². The van der Waals surface area contributed by atoms with Crippen molar-refractivity contribution < 1.29 is 36.6 Å². The zero-order chi connectivity index (χ0) is 25.9. The highest BCUT2D eigenvalue weighted by atomic mass is 35.5. The molecule has 3 N–H and O–H groups in total. The second kappa shape index (κ2) is 10.5. The van der Waals surface area contributed by atoms with Gasteiger partial charge in [0.05, 0.1) is 24.8 Å². The van der Waals surface area contributed by atoms with Crippen LogP contribution < -0.4 is 19.5 Å². The minimum Gasteiger partial charge on any atom is -0.493 e. The molecule has 0 aliphatic rings. The predicted molar refractivity (Wildman–Crippen MR) is 125 cm³/mol. The number of anilines is 1. The number of amides is 1. The summed E-state index contributed by atoms with van der Waals surface area (Å²) >= 11 is 6.08. The molecule has 0 aliphatic carbocycles. The highest BCUT2D eigenvalue weighted by Crippen LogP contribution is 2.37. The fourth-order valence-electron chi connectivity index (χ4n) is 3.43. The Bertz CT molecular complexity index is 1350. The van der Waals surface area contributed by atoms with E-state index in [2.05, 4.69) is 0 Å². The fourth-order valence-corrected chi connectivity index (χ4v) is 5.08. The maximum Gasteiger partial charge on any atom is 0.264 e. The number of hydrogen-bond donors (Lipinski definition) is 2. The molecule has 1 amide bonds. The summed E-state index contributed by atoms with van der Waals surface area (Å²) in [6.07, 6.45) is -1.70. The molecular weight excluding hydrogens is 506 g/mol. The average Bonchev–Trinajstić information content (AvgIpc) is 2.80. The standard InChI is InChI=1S/C23H21ClF2N2O6S/c1-33-20-6-4-17(11-21(20)34-2)35(31,32)28(12-22(27)29)19-5-3-14(24)9-18(19)23(30)13-7-15(25)10-16(26)8-13/h3-11,23,30H,12H2,1-2H3,(H2,27,29). The van der Waals surface area contributed by atoms with Crippen molar-refractivity contribution in [1.29, 1.82) is 0 Å². The number of benzene rings is 3. The van der Waals surface area contributed by atoms with Gasteiger partial charge in [-0.3, -0.25) is 9.10 Å². The Morgan fingerprint density at radius 2 is 1.66 bits per heavy atom. The van der Waals surface area contributed by atoms with Gasteiger partial charge < -0.3 is 20.3 Å². The molecule has 12 heteroatoms. The van der Waals surface area contributed by atoms with Crippen LogP contribution in [-0.4, -0.2) is 40.2 Å². The van der Waals surface area contributed by atoms with Gasteiger partial charge in [0, 0.05) is 22.7 Å². The maximum absolute atomic E-state index is 13.8. The van der Waals surface area contributed by atoms with E-state index in [4.69, 9.17) is 26.8 Å². The van der Waals surface area contributed by atoms with Crippen LogP contribution in [0.2, 0.25) is 5.02 Å². The molecule has 0 bridgehead atoms. The van der Waals surface area contributed by atoms with Crippen LogP contribution in [0.3, 0.4) is 0 Å². The summed E-state index contributed by atoms with van der Waals surface area (Å²) < 4.78 is 65.8.